The molecule has 2 aromatic heterocycles. The molecular weight excluding hydrogens is 290 g/mol. The van der Waals surface area contributed by atoms with Crippen molar-refractivity contribution in [2.24, 2.45) is 0 Å². The smallest absolute Gasteiger partial charge is 0.227 e. The van der Waals surface area contributed by atoms with Gasteiger partial charge in [0.25, 0.3) is 0 Å². The van der Waals surface area contributed by atoms with E-state index in [0.717, 1.165) is 5.56 Å². The molecular formula is C14H17N3O3S. The highest BCUT2D eigenvalue weighted by Crippen LogP contribution is 2.19. The van der Waals surface area contributed by atoms with E-state index in [0.29, 0.717) is 44.3 Å². The van der Waals surface area contributed by atoms with Gasteiger partial charge in [-0.05, 0) is 18.4 Å². The normalized spacial score (nSPS) is 18.9. The Kier molecular flexibility index (Phi) is 4.31. The van der Waals surface area contributed by atoms with E-state index < -0.39 is 0 Å². The van der Waals surface area contributed by atoms with Crippen molar-refractivity contribution < 1.29 is 14.1 Å². The fourth-order valence-electron chi connectivity index (χ4n) is 2.28. The summed E-state index contributed by atoms with van der Waals surface area (Å²) in [5, 5.41) is 7.87. The van der Waals surface area contributed by atoms with E-state index in [-0.39, 0.29) is 12.0 Å². The average molecular weight is 307 g/mol. The van der Waals surface area contributed by atoms with Crippen molar-refractivity contribution in [3.05, 3.63) is 22.7 Å². The summed E-state index contributed by atoms with van der Waals surface area (Å²) >= 11 is 1.59. The summed E-state index contributed by atoms with van der Waals surface area (Å²) in [6, 6.07) is 1.94. The monoisotopic (exact) mass is 307 g/mol. The first-order chi connectivity index (χ1) is 10.2. The Labute approximate surface area is 126 Å². The molecule has 1 fully saturated rings. The lowest BCUT2D eigenvalue weighted by Crippen LogP contribution is -2.44. The van der Waals surface area contributed by atoms with Crippen LogP contribution in [0.2, 0.25) is 0 Å². The molecule has 7 heteroatoms. The Bertz CT molecular complexity index is 596. The molecule has 3 heterocycles. The average Bonchev–Trinajstić information content (AvgIpc) is 3.15. The van der Waals surface area contributed by atoms with Gasteiger partial charge in [0, 0.05) is 36.9 Å². The highest BCUT2D eigenvalue weighted by molar-refractivity contribution is 7.08. The summed E-state index contributed by atoms with van der Waals surface area (Å²) in [6.45, 7) is 3.90. The van der Waals surface area contributed by atoms with Crippen LogP contribution in [0.3, 0.4) is 0 Å². The molecule has 0 radical (unpaired) electrons. The Morgan fingerprint density at radius 2 is 2.48 bits per heavy atom. The first-order valence-electron chi connectivity index (χ1n) is 6.97. The second kappa shape index (κ2) is 6.36. The first kappa shape index (κ1) is 14.2. The Morgan fingerprint density at radius 3 is 3.24 bits per heavy atom. The zero-order chi connectivity index (χ0) is 14.7. The molecule has 112 valence electrons. The molecule has 6 nitrogen and oxygen atoms in total. The molecule has 1 amide bonds. The molecule has 0 bridgehead atoms. The number of carbonyl (C=O) groups excluding carboxylic acids is 1. The van der Waals surface area contributed by atoms with Gasteiger partial charge in [-0.3, -0.25) is 4.79 Å². The van der Waals surface area contributed by atoms with Crippen LogP contribution < -0.4 is 0 Å². The Morgan fingerprint density at radius 1 is 1.57 bits per heavy atom. The number of nitrogens with zero attached hydrogens (tertiary/aromatic N) is 3. The fourth-order valence-corrected chi connectivity index (χ4v) is 2.92. The maximum absolute atomic E-state index is 12.1. The number of hydrogen-bond acceptors (Lipinski definition) is 6. The third-order valence-corrected chi connectivity index (χ3v) is 4.08. The van der Waals surface area contributed by atoms with Gasteiger partial charge in [-0.2, -0.15) is 16.3 Å². The van der Waals surface area contributed by atoms with Gasteiger partial charge >= 0.3 is 0 Å². The molecule has 1 atom stereocenters. The van der Waals surface area contributed by atoms with Crippen molar-refractivity contribution >= 4 is 17.2 Å². The predicted octanol–water partition coefficient (Wildman–Crippen LogP) is 1.98. The molecule has 0 N–H and O–H groups in total. The summed E-state index contributed by atoms with van der Waals surface area (Å²) in [6.07, 6.45) is 0.968. The van der Waals surface area contributed by atoms with E-state index in [9.17, 15) is 4.79 Å². The van der Waals surface area contributed by atoms with Crippen molar-refractivity contribution in [3.63, 3.8) is 0 Å². The number of morpholine rings is 1. The molecule has 0 aromatic carbocycles. The van der Waals surface area contributed by atoms with Gasteiger partial charge in [-0.25, -0.2) is 0 Å². The number of ether oxygens (including phenoxy) is 1. The molecule has 0 spiro atoms. The van der Waals surface area contributed by atoms with Gasteiger partial charge in [-0.15, -0.1) is 0 Å². The van der Waals surface area contributed by atoms with E-state index >= 15 is 0 Å². The molecule has 3 rings (SSSR count). The Hall–Kier alpha value is -1.73. The minimum absolute atomic E-state index is 0.108. The van der Waals surface area contributed by atoms with Crippen LogP contribution in [-0.4, -0.2) is 46.7 Å². The summed E-state index contributed by atoms with van der Waals surface area (Å²) in [7, 11) is 0. The number of rotatable bonds is 4. The molecule has 1 unspecified atom stereocenters. The van der Waals surface area contributed by atoms with Crippen molar-refractivity contribution in [1.82, 2.24) is 15.0 Å². The van der Waals surface area contributed by atoms with Crippen molar-refractivity contribution in [2.45, 2.75) is 25.9 Å². The summed E-state index contributed by atoms with van der Waals surface area (Å²) in [5.74, 6) is 1.20. The number of aromatic nitrogens is 2. The summed E-state index contributed by atoms with van der Waals surface area (Å²) < 4.78 is 10.6. The van der Waals surface area contributed by atoms with Gasteiger partial charge in [0.05, 0.1) is 12.7 Å². The zero-order valence-corrected chi connectivity index (χ0v) is 12.6. The van der Waals surface area contributed by atoms with Crippen LogP contribution in [-0.2, 0) is 16.0 Å². The van der Waals surface area contributed by atoms with Gasteiger partial charge in [-0.1, -0.05) is 5.16 Å². The SMILES string of the molecule is CC1CN(C(=O)CCc2nc(-c3ccsc3)no2)CCO1. The lowest BCUT2D eigenvalue weighted by molar-refractivity contribution is -0.138. The fraction of sp³-hybridized carbons (Fsp3) is 0.500. The number of thiophene rings is 1. The molecule has 0 saturated carbocycles. The van der Waals surface area contributed by atoms with Gasteiger partial charge in [0.2, 0.25) is 17.6 Å². The van der Waals surface area contributed by atoms with E-state index in [2.05, 4.69) is 10.1 Å². The van der Waals surface area contributed by atoms with Gasteiger partial charge in [0.15, 0.2) is 0 Å². The predicted molar refractivity (Wildman–Crippen MR) is 77.9 cm³/mol. The van der Waals surface area contributed by atoms with Crippen LogP contribution in [0, 0.1) is 0 Å². The van der Waals surface area contributed by atoms with Gasteiger partial charge in [0.1, 0.15) is 0 Å². The van der Waals surface area contributed by atoms with Crippen molar-refractivity contribution in [3.8, 4) is 11.4 Å². The summed E-state index contributed by atoms with van der Waals surface area (Å²) in [4.78, 5) is 18.3. The van der Waals surface area contributed by atoms with E-state index in [4.69, 9.17) is 9.26 Å². The molecule has 2 aromatic rings. The van der Waals surface area contributed by atoms with Crippen LogP contribution in [0.15, 0.2) is 21.3 Å². The molecule has 21 heavy (non-hydrogen) atoms. The van der Waals surface area contributed by atoms with E-state index in [1.54, 1.807) is 11.3 Å². The maximum Gasteiger partial charge on any atom is 0.227 e. The molecule has 0 aliphatic carbocycles. The lowest BCUT2D eigenvalue weighted by Gasteiger charge is -2.31. The maximum atomic E-state index is 12.1. The lowest BCUT2D eigenvalue weighted by atomic mass is 10.2. The highest BCUT2D eigenvalue weighted by atomic mass is 32.1. The number of carbonyl (C=O) groups is 1. The first-order valence-corrected chi connectivity index (χ1v) is 7.91. The second-order valence-electron chi connectivity index (χ2n) is 5.04. The van der Waals surface area contributed by atoms with Crippen LogP contribution in [0.1, 0.15) is 19.2 Å². The van der Waals surface area contributed by atoms with Crippen LogP contribution >= 0.6 is 11.3 Å². The standard InChI is InChI=1S/C14H17N3O3S/c1-10-8-17(5-6-19-10)13(18)3-2-12-15-14(16-20-12)11-4-7-21-9-11/h4,7,9-10H,2-3,5-6,8H2,1H3. The quantitative estimate of drug-likeness (QED) is 0.864. The summed E-state index contributed by atoms with van der Waals surface area (Å²) in [5.41, 5.74) is 0.948. The number of amides is 1. The van der Waals surface area contributed by atoms with E-state index in [1.807, 2.05) is 28.7 Å². The Balaban J connectivity index is 1.54. The minimum Gasteiger partial charge on any atom is -0.375 e. The highest BCUT2D eigenvalue weighted by Gasteiger charge is 2.21. The van der Waals surface area contributed by atoms with Gasteiger partial charge < -0.3 is 14.2 Å². The van der Waals surface area contributed by atoms with Crippen LogP contribution in [0.4, 0.5) is 0 Å². The third kappa shape index (κ3) is 3.48. The van der Waals surface area contributed by atoms with Crippen molar-refractivity contribution in [2.75, 3.05) is 19.7 Å². The molecule has 1 saturated heterocycles. The molecule has 1 aliphatic heterocycles. The third-order valence-electron chi connectivity index (χ3n) is 3.39. The minimum atomic E-state index is 0.108. The second-order valence-corrected chi connectivity index (χ2v) is 5.82. The topological polar surface area (TPSA) is 68.5 Å². The van der Waals surface area contributed by atoms with Crippen LogP contribution in [0.5, 0.6) is 0 Å². The number of aryl methyl sites for hydroxylation is 1. The zero-order valence-electron chi connectivity index (χ0n) is 11.8. The molecule has 1 aliphatic rings. The van der Waals surface area contributed by atoms with E-state index in [1.165, 1.54) is 0 Å². The van der Waals surface area contributed by atoms with Crippen molar-refractivity contribution in [1.29, 1.82) is 0 Å². The number of hydrogen-bond donors (Lipinski definition) is 0. The largest absolute Gasteiger partial charge is 0.375 e. The van der Waals surface area contributed by atoms with Crippen LogP contribution in [0.25, 0.3) is 11.4 Å².